The Bertz CT molecular complexity index is 1470. The molecule has 0 unspecified atom stereocenters. The largest absolute Gasteiger partial charge is 0.462 e. The molecule has 0 saturated carbocycles. The minimum Gasteiger partial charge on any atom is -0.462 e. The van der Waals surface area contributed by atoms with Gasteiger partial charge in [0.15, 0.2) is 6.61 Å². The molecule has 3 amide bonds. The van der Waals surface area contributed by atoms with Crippen LogP contribution in [0.5, 0.6) is 0 Å². The second kappa shape index (κ2) is 10.3. The summed E-state index contributed by atoms with van der Waals surface area (Å²) in [5, 5.41) is 2.59. The van der Waals surface area contributed by atoms with Gasteiger partial charge in [0.25, 0.3) is 5.91 Å². The molecule has 1 heterocycles. The van der Waals surface area contributed by atoms with Crippen LogP contribution in [-0.2, 0) is 28.7 Å². The third kappa shape index (κ3) is 4.28. The van der Waals surface area contributed by atoms with Crippen LogP contribution in [0.2, 0.25) is 0 Å². The summed E-state index contributed by atoms with van der Waals surface area (Å²) in [6, 6.07) is 20.7. The van der Waals surface area contributed by atoms with E-state index in [4.69, 9.17) is 9.47 Å². The summed E-state index contributed by atoms with van der Waals surface area (Å²) in [6.45, 7) is 2.80. The molecule has 1 aliphatic heterocycles. The third-order valence-electron chi connectivity index (χ3n) is 8.24. The smallest absolute Gasteiger partial charge is 0.338 e. The number of imide groups is 1. The predicted octanol–water partition coefficient (Wildman–Crippen LogP) is 3.63. The molecule has 9 nitrogen and oxygen atoms in total. The lowest BCUT2D eigenvalue weighted by atomic mass is 9.55. The van der Waals surface area contributed by atoms with Crippen molar-refractivity contribution in [3.8, 4) is 0 Å². The van der Waals surface area contributed by atoms with E-state index in [1.807, 2.05) is 48.5 Å². The van der Waals surface area contributed by atoms with Gasteiger partial charge in [-0.2, -0.15) is 0 Å². The molecule has 208 valence electrons. The van der Waals surface area contributed by atoms with E-state index in [1.54, 1.807) is 6.92 Å². The Morgan fingerprint density at radius 3 is 1.73 bits per heavy atom. The second-order valence-electron chi connectivity index (χ2n) is 10.4. The molecule has 2 bridgehead atoms. The van der Waals surface area contributed by atoms with Crippen LogP contribution in [0.3, 0.4) is 0 Å². The van der Waals surface area contributed by atoms with Crippen LogP contribution in [0.25, 0.3) is 0 Å². The standard InChI is InChI=1S/C32H28N2O7/c1-3-40-32(39)18-12-14-19(15-13-18)33-24(35)16-41-31(38)17(2)34-29(36)27-25-20-8-4-5-9-21(20)26(28(27)30(34)37)23-11-7-6-10-22(23)25/h4-15,17,25-28H,3,16H2,1-2H3,(H,33,35)/t17-,25?,26?,27-,28+/m1/s1. The first-order chi connectivity index (χ1) is 19.8. The highest BCUT2D eigenvalue weighted by molar-refractivity contribution is 6.10. The zero-order chi connectivity index (χ0) is 28.8. The summed E-state index contributed by atoms with van der Waals surface area (Å²) < 4.78 is 10.2. The van der Waals surface area contributed by atoms with Crippen LogP contribution in [0, 0.1) is 11.8 Å². The normalized spacial score (nSPS) is 22.3. The van der Waals surface area contributed by atoms with Crippen LogP contribution in [-0.4, -0.2) is 53.8 Å². The Morgan fingerprint density at radius 1 is 0.780 bits per heavy atom. The number of nitrogens with zero attached hydrogens (tertiary/aromatic N) is 1. The van der Waals surface area contributed by atoms with Crippen molar-refractivity contribution in [2.24, 2.45) is 11.8 Å². The maximum atomic E-state index is 13.8. The molecule has 3 aliphatic carbocycles. The summed E-state index contributed by atoms with van der Waals surface area (Å²) in [6.07, 6.45) is 0. The van der Waals surface area contributed by atoms with Gasteiger partial charge in [0.05, 0.1) is 24.0 Å². The molecule has 41 heavy (non-hydrogen) atoms. The monoisotopic (exact) mass is 552 g/mol. The first kappa shape index (κ1) is 26.4. The zero-order valence-corrected chi connectivity index (χ0v) is 22.5. The Labute approximate surface area is 236 Å². The highest BCUT2D eigenvalue weighted by Crippen LogP contribution is 2.61. The van der Waals surface area contributed by atoms with Gasteiger partial charge in [-0.3, -0.25) is 19.3 Å². The summed E-state index contributed by atoms with van der Waals surface area (Å²) in [5.41, 5.74) is 4.91. The van der Waals surface area contributed by atoms with Gasteiger partial charge in [-0.15, -0.1) is 0 Å². The molecule has 1 saturated heterocycles. The van der Waals surface area contributed by atoms with Crippen molar-refractivity contribution in [1.82, 2.24) is 4.90 Å². The van der Waals surface area contributed by atoms with Crippen molar-refractivity contribution in [2.45, 2.75) is 31.7 Å². The molecule has 7 rings (SSSR count). The Hall–Kier alpha value is -4.79. The summed E-state index contributed by atoms with van der Waals surface area (Å²) in [7, 11) is 0. The fourth-order valence-electron chi connectivity index (χ4n) is 6.55. The van der Waals surface area contributed by atoms with E-state index in [9.17, 15) is 24.0 Å². The van der Waals surface area contributed by atoms with Gasteiger partial charge in [0, 0.05) is 17.5 Å². The number of rotatable bonds is 7. The van der Waals surface area contributed by atoms with Gasteiger partial charge in [-0.1, -0.05) is 48.5 Å². The Kier molecular flexibility index (Phi) is 6.65. The molecule has 0 aromatic heterocycles. The number of hydrogen-bond acceptors (Lipinski definition) is 7. The molecule has 0 radical (unpaired) electrons. The molecule has 0 spiro atoms. The maximum absolute atomic E-state index is 13.8. The van der Waals surface area contributed by atoms with Crippen LogP contribution < -0.4 is 5.32 Å². The average molecular weight is 553 g/mol. The molecule has 1 N–H and O–H groups in total. The van der Waals surface area contributed by atoms with Gasteiger partial charge < -0.3 is 14.8 Å². The minimum atomic E-state index is -1.19. The molecule has 3 atom stereocenters. The van der Waals surface area contributed by atoms with Crippen molar-refractivity contribution >= 4 is 35.3 Å². The Balaban J connectivity index is 1.14. The highest BCUT2D eigenvalue weighted by Gasteiger charge is 2.62. The molecule has 3 aromatic rings. The first-order valence-corrected chi connectivity index (χ1v) is 13.6. The number of carbonyl (C=O) groups excluding carboxylic acids is 5. The lowest BCUT2D eigenvalue weighted by Crippen LogP contribution is -2.45. The number of likely N-dealkylation sites (tertiary alicyclic amines) is 1. The van der Waals surface area contributed by atoms with Crippen LogP contribution in [0.1, 0.15) is 58.3 Å². The molecule has 1 fully saturated rings. The van der Waals surface area contributed by atoms with Crippen molar-refractivity contribution in [2.75, 3.05) is 18.5 Å². The van der Waals surface area contributed by atoms with Gasteiger partial charge in [0.1, 0.15) is 6.04 Å². The number of benzene rings is 3. The van der Waals surface area contributed by atoms with Gasteiger partial charge in [0.2, 0.25) is 11.8 Å². The predicted molar refractivity (Wildman–Crippen MR) is 147 cm³/mol. The van der Waals surface area contributed by atoms with Crippen LogP contribution in [0.4, 0.5) is 5.69 Å². The Morgan fingerprint density at radius 2 is 1.27 bits per heavy atom. The lowest BCUT2D eigenvalue weighted by Gasteiger charge is -2.45. The number of amides is 3. The van der Waals surface area contributed by atoms with Crippen LogP contribution >= 0.6 is 0 Å². The van der Waals surface area contributed by atoms with Crippen molar-refractivity contribution < 1.29 is 33.4 Å². The second-order valence-corrected chi connectivity index (χ2v) is 10.4. The number of ether oxygens (including phenoxy) is 2. The first-order valence-electron chi connectivity index (χ1n) is 13.6. The molecule has 4 aliphatic rings. The molecule has 9 heteroatoms. The SMILES string of the molecule is CCOC(=O)c1ccc(NC(=O)COC(=O)[C@@H](C)N2C(=O)[C@@H]3C4c5ccccc5C(c5ccccc54)[C@@H]3C2=O)cc1. The molecular weight excluding hydrogens is 524 g/mol. The highest BCUT2D eigenvalue weighted by atomic mass is 16.5. The minimum absolute atomic E-state index is 0.250. The third-order valence-corrected chi connectivity index (χ3v) is 8.24. The average Bonchev–Trinajstić information content (AvgIpc) is 3.26. The quantitative estimate of drug-likeness (QED) is 0.351. The van der Waals surface area contributed by atoms with E-state index in [-0.39, 0.29) is 18.4 Å². The zero-order valence-electron chi connectivity index (χ0n) is 22.5. The lowest BCUT2D eigenvalue weighted by molar-refractivity contribution is -0.159. The van der Waals surface area contributed by atoms with E-state index < -0.39 is 54.1 Å². The van der Waals surface area contributed by atoms with Gasteiger partial charge in [-0.05, 0) is 60.4 Å². The number of hydrogen-bond donors (Lipinski definition) is 1. The molecule has 3 aromatic carbocycles. The van der Waals surface area contributed by atoms with Crippen LogP contribution in [0.15, 0.2) is 72.8 Å². The van der Waals surface area contributed by atoms with E-state index in [1.165, 1.54) is 31.2 Å². The van der Waals surface area contributed by atoms with E-state index in [0.29, 0.717) is 11.3 Å². The van der Waals surface area contributed by atoms with Crippen molar-refractivity contribution in [3.05, 3.63) is 101 Å². The fraction of sp³-hybridized carbons (Fsp3) is 0.281. The summed E-state index contributed by atoms with van der Waals surface area (Å²) >= 11 is 0. The summed E-state index contributed by atoms with van der Waals surface area (Å²) in [4.78, 5) is 65.8. The van der Waals surface area contributed by atoms with Crippen molar-refractivity contribution in [3.63, 3.8) is 0 Å². The number of anilines is 1. The fourth-order valence-corrected chi connectivity index (χ4v) is 6.55. The number of nitrogens with one attached hydrogen (secondary N) is 1. The summed E-state index contributed by atoms with van der Waals surface area (Å²) in [5.74, 6) is -4.47. The van der Waals surface area contributed by atoms with Gasteiger partial charge in [-0.25, -0.2) is 9.59 Å². The maximum Gasteiger partial charge on any atom is 0.338 e. The van der Waals surface area contributed by atoms with Crippen molar-refractivity contribution in [1.29, 1.82) is 0 Å². The van der Waals surface area contributed by atoms with Gasteiger partial charge >= 0.3 is 11.9 Å². The molecular formula is C32H28N2O7. The number of esters is 2. The van der Waals surface area contributed by atoms with E-state index in [2.05, 4.69) is 5.32 Å². The topological polar surface area (TPSA) is 119 Å². The number of carbonyl (C=O) groups is 5. The van der Waals surface area contributed by atoms with E-state index in [0.717, 1.165) is 27.2 Å². The van der Waals surface area contributed by atoms with E-state index >= 15 is 0 Å².